The topological polar surface area (TPSA) is 30.5 Å². The first-order chi connectivity index (χ1) is 8.87. The van der Waals surface area contributed by atoms with Gasteiger partial charge in [0.25, 0.3) is 0 Å². The van der Waals surface area contributed by atoms with Crippen LogP contribution in [0.4, 0.5) is 0 Å². The summed E-state index contributed by atoms with van der Waals surface area (Å²) in [6.07, 6.45) is 0.105. The molecular weight excluding hydrogens is 238 g/mol. The standard InChI is InChI=1S/C16H27NO2/c1-7-17-15(12(2)19-16(3,4)5)13-8-10-14(18-6)11-9-13/h8-12,15,17H,7H2,1-6H3. The minimum atomic E-state index is -0.139. The zero-order chi connectivity index (χ0) is 14.5. The fourth-order valence-electron chi connectivity index (χ4n) is 2.21. The van der Waals surface area contributed by atoms with Crippen molar-refractivity contribution in [1.82, 2.24) is 5.32 Å². The highest BCUT2D eigenvalue weighted by atomic mass is 16.5. The van der Waals surface area contributed by atoms with E-state index in [9.17, 15) is 0 Å². The third-order valence-corrected chi connectivity index (χ3v) is 2.91. The molecule has 1 aromatic rings. The maximum atomic E-state index is 6.07. The average Bonchev–Trinajstić information content (AvgIpc) is 2.34. The van der Waals surface area contributed by atoms with Crippen LogP contribution in [-0.4, -0.2) is 25.4 Å². The van der Waals surface area contributed by atoms with Crippen LogP contribution in [0.15, 0.2) is 24.3 Å². The van der Waals surface area contributed by atoms with Crippen LogP contribution in [0.2, 0.25) is 0 Å². The molecule has 0 amide bonds. The van der Waals surface area contributed by atoms with Gasteiger partial charge in [0.2, 0.25) is 0 Å². The maximum Gasteiger partial charge on any atom is 0.118 e. The smallest absolute Gasteiger partial charge is 0.118 e. The molecule has 0 fully saturated rings. The first kappa shape index (κ1) is 16.0. The SMILES string of the molecule is CCNC(c1ccc(OC)cc1)C(C)OC(C)(C)C. The Kier molecular flexibility index (Phi) is 5.83. The lowest BCUT2D eigenvalue weighted by atomic mass is 10.0. The number of rotatable bonds is 6. The van der Waals surface area contributed by atoms with Gasteiger partial charge in [-0.1, -0.05) is 19.1 Å². The van der Waals surface area contributed by atoms with Crippen molar-refractivity contribution >= 4 is 0 Å². The molecule has 108 valence electrons. The molecule has 0 radical (unpaired) electrons. The summed E-state index contributed by atoms with van der Waals surface area (Å²) in [5.41, 5.74) is 1.08. The lowest BCUT2D eigenvalue weighted by molar-refractivity contribution is -0.0667. The number of benzene rings is 1. The van der Waals surface area contributed by atoms with Crippen molar-refractivity contribution in [3.8, 4) is 5.75 Å². The van der Waals surface area contributed by atoms with E-state index in [1.165, 1.54) is 5.56 Å². The summed E-state index contributed by atoms with van der Waals surface area (Å²) < 4.78 is 11.3. The van der Waals surface area contributed by atoms with Gasteiger partial charge in [0, 0.05) is 0 Å². The van der Waals surface area contributed by atoms with Crippen LogP contribution in [0.1, 0.15) is 46.2 Å². The quantitative estimate of drug-likeness (QED) is 0.853. The number of methoxy groups -OCH3 is 1. The summed E-state index contributed by atoms with van der Waals surface area (Å²) in [5.74, 6) is 0.878. The third-order valence-electron chi connectivity index (χ3n) is 2.91. The predicted molar refractivity (Wildman–Crippen MR) is 79.7 cm³/mol. The largest absolute Gasteiger partial charge is 0.497 e. The molecule has 0 aliphatic rings. The van der Waals surface area contributed by atoms with Crippen LogP contribution in [0, 0.1) is 0 Å². The van der Waals surface area contributed by atoms with E-state index >= 15 is 0 Å². The second-order valence-electron chi connectivity index (χ2n) is 5.74. The molecule has 0 saturated carbocycles. The molecule has 3 heteroatoms. The second kappa shape index (κ2) is 6.92. The zero-order valence-electron chi connectivity index (χ0n) is 13.0. The van der Waals surface area contributed by atoms with E-state index in [1.807, 2.05) is 12.1 Å². The Labute approximate surface area is 117 Å². The van der Waals surface area contributed by atoms with Crippen LogP contribution in [0.5, 0.6) is 5.75 Å². The Morgan fingerprint density at radius 1 is 1.16 bits per heavy atom. The highest BCUT2D eigenvalue weighted by Gasteiger charge is 2.24. The molecule has 3 nitrogen and oxygen atoms in total. The fourth-order valence-corrected chi connectivity index (χ4v) is 2.21. The number of hydrogen-bond donors (Lipinski definition) is 1. The van der Waals surface area contributed by atoms with Gasteiger partial charge in [-0.3, -0.25) is 0 Å². The Bertz CT molecular complexity index is 367. The summed E-state index contributed by atoms with van der Waals surface area (Å²) in [4.78, 5) is 0. The van der Waals surface area contributed by atoms with Crippen LogP contribution >= 0.6 is 0 Å². The fraction of sp³-hybridized carbons (Fsp3) is 0.625. The van der Waals surface area contributed by atoms with Gasteiger partial charge in [0.1, 0.15) is 5.75 Å². The summed E-state index contributed by atoms with van der Waals surface area (Å²) >= 11 is 0. The molecule has 2 atom stereocenters. The van der Waals surface area contributed by atoms with Crippen LogP contribution < -0.4 is 10.1 Å². The van der Waals surface area contributed by atoms with E-state index < -0.39 is 0 Å². The normalized spacial score (nSPS) is 15.1. The molecule has 0 heterocycles. The Morgan fingerprint density at radius 3 is 2.16 bits per heavy atom. The minimum Gasteiger partial charge on any atom is -0.497 e. The van der Waals surface area contributed by atoms with Crippen molar-refractivity contribution in [2.45, 2.75) is 52.4 Å². The monoisotopic (exact) mass is 265 g/mol. The maximum absolute atomic E-state index is 6.07. The van der Waals surface area contributed by atoms with E-state index in [-0.39, 0.29) is 17.7 Å². The van der Waals surface area contributed by atoms with Crippen molar-refractivity contribution < 1.29 is 9.47 Å². The second-order valence-corrected chi connectivity index (χ2v) is 5.74. The highest BCUT2D eigenvalue weighted by Crippen LogP contribution is 2.25. The molecule has 0 spiro atoms. The van der Waals surface area contributed by atoms with Gasteiger partial charge < -0.3 is 14.8 Å². The molecule has 19 heavy (non-hydrogen) atoms. The average molecular weight is 265 g/mol. The molecule has 1 N–H and O–H groups in total. The van der Waals surface area contributed by atoms with E-state index in [2.05, 4.69) is 52.1 Å². The van der Waals surface area contributed by atoms with E-state index in [0.717, 1.165) is 12.3 Å². The van der Waals surface area contributed by atoms with Crippen LogP contribution in [-0.2, 0) is 4.74 Å². The van der Waals surface area contributed by atoms with Gasteiger partial charge in [-0.15, -0.1) is 0 Å². The molecule has 0 aliphatic heterocycles. The number of hydrogen-bond acceptors (Lipinski definition) is 3. The van der Waals surface area contributed by atoms with Crippen molar-refractivity contribution in [2.24, 2.45) is 0 Å². The first-order valence-corrected chi connectivity index (χ1v) is 6.92. The Hall–Kier alpha value is -1.06. The Morgan fingerprint density at radius 2 is 1.74 bits per heavy atom. The highest BCUT2D eigenvalue weighted by molar-refractivity contribution is 5.29. The van der Waals surface area contributed by atoms with Gasteiger partial charge in [-0.2, -0.15) is 0 Å². The van der Waals surface area contributed by atoms with Gasteiger partial charge in [-0.25, -0.2) is 0 Å². The van der Waals surface area contributed by atoms with Gasteiger partial charge in [0.05, 0.1) is 24.9 Å². The molecule has 0 aliphatic carbocycles. The number of nitrogens with one attached hydrogen (secondary N) is 1. The van der Waals surface area contributed by atoms with Crippen molar-refractivity contribution in [1.29, 1.82) is 0 Å². The lowest BCUT2D eigenvalue weighted by Gasteiger charge is -2.31. The molecule has 1 rings (SSSR count). The van der Waals surface area contributed by atoms with Crippen LogP contribution in [0.25, 0.3) is 0 Å². The van der Waals surface area contributed by atoms with Gasteiger partial charge in [0.15, 0.2) is 0 Å². The number of ether oxygens (including phenoxy) is 2. The molecule has 0 aromatic heterocycles. The van der Waals surface area contributed by atoms with Crippen molar-refractivity contribution in [2.75, 3.05) is 13.7 Å². The molecule has 0 bridgehead atoms. The Balaban J connectivity index is 2.85. The summed E-state index contributed by atoms with van der Waals surface area (Å²) in [7, 11) is 1.68. The molecule has 2 unspecified atom stereocenters. The van der Waals surface area contributed by atoms with E-state index in [4.69, 9.17) is 9.47 Å². The zero-order valence-corrected chi connectivity index (χ0v) is 13.0. The summed E-state index contributed by atoms with van der Waals surface area (Å²) in [6, 6.07) is 8.35. The van der Waals surface area contributed by atoms with E-state index in [1.54, 1.807) is 7.11 Å². The molecular formula is C16H27NO2. The van der Waals surface area contributed by atoms with Crippen LogP contribution in [0.3, 0.4) is 0 Å². The lowest BCUT2D eigenvalue weighted by Crippen LogP contribution is -2.36. The van der Waals surface area contributed by atoms with Gasteiger partial charge >= 0.3 is 0 Å². The van der Waals surface area contributed by atoms with Crippen molar-refractivity contribution in [3.63, 3.8) is 0 Å². The van der Waals surface area contributed by atoms with Gasteiger partial charge in [-0.05, 0) is 51.9 Å². The number of likely N-dealkylation sites (N-methyl/N-ethyl adjacent to an activating group) is 1. The van der Waals surface area contributed by atoms with E-state index in [0.29, 0.717) is 0 Å². The third kappa shape index (κ3) is 5.21. The molecule has 1 aromatic carbocycles. The molecule has 0 saturated heterocycles. The minimum absolute atomic E-state index is 0.105. The summed E-state index contributed by atoms with van der Waals surface area (Å²) in [6.45, 7) is 11.4. The predicted octanol–water partition coefficient (Wildman–Crippen LogP) is 3.55. The summed E-state index contributed by atoms with van der Waals surface area (Å²) in [5, 5.41) is 3.49. The van der Waals surface area contributed by atoms with Crippen molar-refractivity contribution in [3.05, 3.63) is 29.8 Å². The first-order valence-electron chi connectivity index (χ1n) is 6.92.